The third-order valence-electron chi connectivity index (χ3n) is 5.70. The van der Waals surface area contributed by atoms with Crippen LogP contribution in [0.15, 0.2) is 18.2 Å². The molecule has 3 unspecified atom stereocenters. The summed E-state index contributed by atoms with van der Waals surface area (Å²) in [7, 11) is 4.26. The molecule has 1 aliphatic carbocycles. The quantitative estimate of drug-likeness (QED) is 0.797. The smallest absolute Gasteiger partial charge is 0.120 e. The molecule has 25 heavy (non-hydrogen) atoms. The normalized spacial score (nSPS) is 24.8. The van der Waals surface area contributed by atoms with E-state index >= 15 is 0 Å². The van der Waals surface area contributed by atoms with Crippen LogP contribution in [0.25, 0.3) is 0 Å². The van der Waals surface area contributed by atoms with E-state index in [1.807, 2.05) is 0 Å². The van der Waals surface area contributed by atoms with Crippen LogP contribution in [0, 0.1) is 5.92 Å². The number of nitrogens with one attached hydrogen (secondary N) is 2. The van der Waals surface area contributed by atoms with Gasteiger partial charge in [-0.05, 0) is 82.9 Å². The summed E-state index contributed by atoms with van der Waals surface area (Å²) in [5, 5.41) is 7.22. The largest absolute Gasteiger partial charge is 0.490 e. The van der Waals surface area contributed by atoms with E-state index in [1.54, 1.807) is 0 Å². The lowest BCUT2D eigenvalue weighted by molar-refractivity contribution is 0.131. The van der Waals surface area contributed by atoms with Gasteiger partial charge in [-0.15, -0.1) is 0 Å². The lowest BCUT2D eigenvalue weighted by atomic mass is 9.87. The van der Waals surface area contributed by atoms with Gasteiger partial charge in [-0.3, -0.25) is 0 Å². The van der Waals surface area contributed by atoms with Crippen molar-refractivity contribution < 1.29 is 4.74 Å². The monoisotopic (exact) mass is 345 g/mol. The second kappa shape index (κ2) is 9.02. The summed E-state index contributed by atoms with van der Waals surface area (Å²) in [6.07, 6.45) is 6.50. The third-order valence-corrected chi connectivity index (χ3v) is 5.70. The number of likely N-dealkylation sites (N-methyl/N-ethyl adjacent to an activating group) is 1. The molecular formula is C21H35N3O. The summed E-state index contributed by atoms with van der Waals surface area (Å²) >= 11 is 0. The van der Waals surface area contributed by atoms with E-state index in [0.717, 1.165) is 31.9 Å². The predicted molar refractivity (Wildman–Crippen MR) is 104 cm³/mol. The Bertz CT molecular complexity index is 540. The maximum absolute atomic E-state index is 6.30. The van der Waals surface area contributed by atoms with Crippen molar-refractivity contribution in [1.82, 2.24) is 15.5 Å². The summed E-state index contributed by atoms with van der Waals surface area (Å²) in [6, 6.07) is 7.26. The first-order valence-electron chi connectivity index (χ1n) is 10.0. The molecule has 2 aliphatic rings. The predicted octanol–water partition coefficient (Wildman–Crippen LogP) is 2.98. The molecule has 0 bridgehead atoms. The Morgan fingerprint density at radius 3 is 2.92 bits per heavy atom. The van der Waals surface area contributed by atoms with Gasteiger partial charge in [0.05, 0.1) is 6.10 Å². The van der Waals surface area contributed by atoms with Crippen LogP contribution in [-0.2, 0) is 6.42 Å². The molecule has 1 fully saturated rings. The van der Waals surface area contributed by atoms with E-state index in [0.29, 0.717) is 12.0 Å². The highest BCUT2D eigenvalue weighted by molar-refractivity contribution is 5.39. The minimum Gasteiger partial charge on any atom is -0.490 e. The van der Waals surface area contributed by atoms with Gasteiger partial charge in [0.1, 0.15) is 5.75 Å². The van der Waals surface area contributed by atoms with Gasteiger partial charge in [-0.25, -0.2) is 0 Å². The van der Waals surface area contributed by atoms with Crippen molar-refractivity contribution in [3.05, 3.63) is 29.3 Å². The highest BCUT2D eigenvalue weighted by atomic mass is 16.5. The van der Waals surface area contributed by atoms with Gasteiger partial charge in [-0.2, -0.15) is 0 Å². The number of benzene rings is 1. The van der Waals surface area contributed by atoms with Crippen molar-refractivity contribution in [2.75, 3.05) is 40.3 Å². The fourth-order valence-corrected chi connectivity index (χ4v) is 4.13. The standard InChI is InChI=1S/C21H35N3O/c1-16(18-7-5-11-22-15-18)25-19-9-10-20-17(14-19)6-4-8-21(20)23-12-13-24(2)3/h9-10,14,16,18,21-23H,4-8,11-13,15H2,1-3H3. The van der Waals surface area contributed by atoms with E-state index in [2.05, 4.69) is 54.8 Å². The molecule has 3 atom stereocenters. The van der Waals surface area contributed by atoms with Crippen LogP contribution in [0.1, 0.15) is 49.8 Å². The first kappa shape index (κ1) is 18.7. The Kier molecular flexibility index (Phi) is 6.74. The van der Waals surface area contributed by atoms with Gasteiger partial charge in [0.2, 0.25) is 0 Å². The van der Waals surface area contributed by atoms with Gasteiger partial charge in [-0.1, -0.05) is 6.07 Å². The summed E-state index contributed by atoms with van der Waals surface area (Å²) in [4.78, 5) is 2.23. The number of hydrogen-bond donors (Lipinski definition) is 2. The Labute approximate surface area is 153 Å². The van der Waals surface area contributed by atoms with Crippen molar-refractivity contribution in [3.63, 3.8) is 0 Å². The summed E-state index contributed by atoms with van der Waals surface area (Å²) in [5.74, 6) is 1.68. The first-order chi connectivity index (χ1) is 12.1. The number of fused-ring (bicyclic) bond motifs is 1. The molecule has 0 saturated carbocycles. The Hall–Kier alpha value is -1.10. The zero-order valence-electron chi connectivity index (χ0n) is 16.2. The fraction of sp³-hybridized carbons (Fsp3) is 0.714. The average molecular weight is 346 g/mol. The maximum Gasteiger partial charge on any atom is 0.120 e. The molecule has 1 aromatic carbocycles. The molecule has 1 aliphatic heterocycles. The molecule has 4 nitrogen and oxygen atoms in total. The zero-order chi connectivity index (χ0) is 17.6. The minimum absolute atomic E-state index is 0.281. The molecule has 2 N–H and O–H groups in total. The second-order valence-corrected chi connectivity index (χ2v) is 7.99. The van der Waals surface area contributed by atoms with Crippen LogP contribution < -0.4 is 15.4 Å². The van der Waals surface area contributed by atoms with E-state index in [4.69, 9.17) is 4.74 Å². The van der Waals surface area contributed by atoms with Crippen LogP contribution in [0.2, 0.25) is 0 Å². The number of aryl methyl sites for hydroxylation is 1. The first-order valence-corrected chi connectivity index (χ1v) is 10.0. The molecule has 0 amide bonds. The van der Waals surface area contributed by atoms with Gasteiger partial charge >= 0.3 is 0 Å². The van der Waals surface area contributed by atoms with Crippen LogP contribution in [-0.4, -0.2) is 51.3 Å². The molecule has 1 aromatic rings. The molecular weight excluding hydrogens is 310 g/mol. The molecule has 0 radical (unpaired) electrons. The minimum atomic E-state index is 0.281. The molecule has 3 rings (SSSR count). The molecule has 0 aromatic heterocycles. The van der Waals surface area contributed by atoms with Gasteiger partial charge in [0.15, 0.2) is 0 Å². The average Bonchev–Trinajstić information content (AvgIpc) is 2.62. The second-order valence-electron chi connectivity index (χ2n) is 7.99. The molecule has 1 heterocycles. The highest BCUT2D eigenvalue weighted by Crippen LogP contribution is 2.33. The summed E-state index contributed by atoms with van der Waals surface area (Å²) < 4.78 is 6.30. The van der Waals surface area contributed by atoms with E-state index in [-0.39, 0.29) is 6.10 Å². The van der Waals surface area contributed by atoms with Crippen molar-refractivity contribution >= 4 is 0 Å². The Morgan fingerprint density at radius 2 is 2.16 bits per heavy atom. The lowest BCUT2D eigenvalue weighted by Crippen LogP contribution is -2.37. The topological polar surface area (TPSA) is 36.5 Å². The van der Waals surface area contributed by atoms with Gasteiger partial charge < -0.3 is 20.3 Å². The lowest BCUT2D eigenvalue weighted by Gasteiger charge is -2.30. The zero-order valence-corrected chi connectivity index (χ0v) is 16.2. The maximum atomic E-state index is 6.30. The van der Waals surface area contributed by atoms with Crippen LogP contribution in [0.5, 0.6) is 5.75 Å². The van der Waals surface area contributed by atoms with Gasteiger partial charge in [0.25, 0.3) is 0 Å². The third kappa shape index (κ3) is 5.19. The Morgan fingerprint density at radius 1 is 1.28 bits per heavy atom. The summed E-state index contributed by atoms with van der Waals surface area (Å²) in [5.41, 5.74) is 2.95. The van der Waals surface area contributed by atoms with Crippen LogP contribution in [0.4, 0.5) is 0 Å². The number of piperidine rings is 1. The highest BCUT2D eigenvalue weighted by Gasteiger charge is 2.23. The van der Waals surface area contributed by atoms with E-state index in [1.165, 1.54) is 43.2 Å². The number of hydrogen-bond acceptors (Lipinski definition) is 4. The van der Waals surface area contributed by atoms with Gasteiger partial charge in [0, 0.05) is 31.6 Å². The number of ether oxygens (including phenoxy) is 1. The van der Waals surface area contributed by atoms with Crippen molar-refractivity contribution in [2.45, 2.75) is 51.2 Å². The van der Waals surface area contributed by atoms with Crippen molar-refractivity contribution in [1.29, 1.82) is 0 Å². The molecule has 1 saturated heterocycles. The SMILES string of the molecule is CC(Oc1ccc2c(c1)CCCC2NCCN(C)C)C1CCCNC1. The van der Waals surface area contributed by atoms with Crippen molar-refractivity contribution in [2.24, 2.45) is 5.92 Å². The van der Waals surface area contributed by atoms with Crippen molar-refractivity contribution in [3.8, 4) is 5.75 Å². The fourth-order valence-electron chi connectivity index (χ4n) is 4.13. The van der Waals surface area contributed by atoms with Crippen LogP contribution in [0.3, 0.4) is 0 Å². The van der Waals surface area contributed by atoms with E-state index in [9.17, 15) is 0 Å². The number of rotatable bonds is 7. The molecule has 140 valence electrons. The number of nitrogens with zero attached hydrogens (tertiary/aromatic N) is 1. The summed E-state index contributed by atoms with van der Waals surface area (Å²) in [6.45, 7) is 6.60. The van der Waals surface area contributed by atoms with Crippen LogP contribution >= 0.6 is 0 Å². The molecule has 0 spiro atoms. The molecule has 4 heteroatoms. The van der Waals surface area contributed by atoms with E-state index < -0.39 is 0 Å². The Balaban J connectivity index is 1.60.